The standard InChI is InChI=1S/C53H73N3O5/c1-3-5-7-9-11-13-15-17-19-21-23-25-27-29-31-33-35-37-39-41-50(57)54-49-45-46-56(53(59)55-49)51-44-43-48(61-51)47-60-52(58)42-40-38-36-34-32-30-28-26-24-22-20-18-16-14-12-10-8-6-4-2/h5-8,11-14,17-20,23-26,29-32,35-38,45-46,48,51H,3-4,9-10,15-16,21-22,27-28,33-34,39-44,47H2,1-2H3,(H,54,55,57,59)/b7-5-,8-6?,13-11-,14-12?,19-17-,20-18?,25-23-,26-24?,31-29-,32-30?,37-35-,38-36-/t48-,51-/m0/s1. The second-order valence-electron chi connectivity index (χ2n) is 14.4. The van der Waals surface area contributed by atoms with Crippen LogP contribution in [0, 0.1) is 0 Å². The fourth-order valence-electron chi connectivity index (χ4n) is 5.87. The summed E-state index contributed by atoms with van der Waals surface area (Å²) >= 11 is 0. The van der Waals surface area contributed by atoms with Crippen LogP contribution in [0.1, 0.15) is 136 Å². The second kappa shape index (κ2) is 37.6. The van der Waals surface area contributed by atoms with Crippen molar-refractivity contribution in [2.24, 2.45) is 0 Å². The lowest BCUT2D eigenvalue weighted by Gasteiger charge is -2.16. The van der Waals surface area contributed by atoms with Crippen molar-refractivity contribution < 1.29 is 19.1 Å². The first-order valence-electron chi connectivity index (χ1n) is 22.5. The summed E-state index contributed by atoms with van der Waals surface area (Å²) in [5.41, 5.74) is -0.506. The molecule has 0 radical (unpaired) electrons. The van der Waals surface area contributed by atoms with Crippen LogP contribution >= 0.6 is 0 Å². The predicted molar refractivity (Wildman–Crippen MR) is 256 cm³/mol. The van der Waals surface area contributed by atoms with Gasteiger partial charge in [-0.05, 0) is 109 Å². The van der Waals surface area contributed by atoms with Crippen LogP contribution in [0.3, 0.4) is 0 Å². The molecule has 2 heterocycles. The van der Waals surface area contributed by atoms with Crippen molar-refractivity contribution in [3.63, 3.8) is 0 Å². The molecule has 0 saturated carbocycles. The van der Waals surface area contributed by atoms with Crippen LogP contribution in [0.5, 0.6) is 0 Å². The van der Waals surface area contributed by atoms with Crippen LogP contribution in [-0.4, -0.2) is 34.1 Å². The Morgan fingerprint density at radius 1 is 0.607 bits per heavy atom. The monoisotopic (exact) mass is 832 g/mol. The SMILES string of the molecule is CCC=CCC=CCC=CCC=CCC=CC/C=C\CCC(=O)OC[C@@H]1CC[C@@H](n2ccc(NC(=O)CC/C=C\C/C=C\C/C=C\C/C=C\C/C=C\C/C=C\CC)nc2=O)O1. The Kier molecular flexibility index (Phi) is 32.0. The third-order valence-corrected chi connectivity index (χ3v) is 9.17. The summed E-state index contributed by atoms with van der Waals surface area (Å²) in [7, 11) is 0. The zero-order valence-electron chi connectivity index (χ0n) is 37.0. The van der Waals surface area contributed by atoms with Crippen molar-refractivity contribution in [3.05, 3.63) is 169 Å². The predicted octanol–water partition coefficient (Wildman–Crippen LogP) is 13.4. The molecule has 1 saturated heterocycles. The average molecular weight is 832 g/mol. The molecule has 1 aliphatic heterocycles. The van der Waals surface area contributed by atoms with Gasteiger partial charge in [0, 0.05) is 19.0 Å². The van der Waals surface area contributed by atoms with Gasteiger partial charge in [-0.1, -0.05) is 160 Å². The summed E-state index contributed by atoms with van der Waals surface area (Å²) in [6.07, 6.45) is 67.0. The highest BCUT2D eigenvalue weighted by atomic mass is 16.6. The smallest absolute Gasteiger partial charge is 0.351 e. The van der Waals surface area contributed by atoms with E-state index in [1.165, 1.54) is 4.57 Å². The summed E-state index contributed by atoms with van der Waals surface area (Å²) in [6, 6.07) is 1.60. The molecule has 330 valence electrons. The van der Waals surface area contributed by atoms with Gasteiger partial charge < -0.3 is 14.8 Å². The first-order valence-corrected chi connectivity index (χ1v) is 22.5. The summed E-state index contributed by atoms with van der Waals surface area (Å²) in [5, 5.41) is 2.71. The van der Waals surface area contributed by atoms with E-state index in [4.69, 9.17) is 9.47 Å². The molecule has 0 bridgehead atoms. The minimum atomic E-state index is -0.506. The minimum absolute atomic E-state index is 0.145. The van der Waals surface area contributed by atoms with Gasteiger partial charge in [0.25, 0.3) is 0 Å². The number of carbonyl (C=O) groups is 2. The molecule has 1 fully saturated rings. The molecule has 1 aromatic heterocycles. The zero-order valence-corrected chi connectivity index (χ0v) is 37.0. The van der Waals surface area contributed by atoms with Gasteiger partial charge in [-0.15, -0.1) is 0 Å². The summed E-state index contributed by atoms with van der Waals surface area (Å²) in [6.45, 7) is 4.44. The maximum Gasteiger partial charge on any atom is 0.351 e. The average Bonchev–Trinajstić information content (AvgIpc) is 3.73. The maximum atomic E-state index is 12.8. The molecule has 1 aliphatic rings. The van der Waals surface area contributed by atoms with Gasteiger partial charge in [-0.2, -0.15) is 4.98 Å². The van der Waals surface area contributed by atoms with Gasteiger partial charge in [0.1, 0.15) is 18.7 Å². The molecule has 0 unspecified atom stereocenters. The molecule has 2 atom stereocenters. The topological polar surface area (TPSA) is 99.5 Å². The molecule has 2 rings (SSSR count). The number of ether oxygens (including phenoxy) is 2. The molecule has 0 aliphatic carbocycles. The molecular formula is C53H73N3O5. The van der Waals surface area contributed by atoms with Crippen LogP contribution in [0.4, 0.5) is 5.82 Å². The van der Waals surface area contributed by atoms with Gasteiger partial charge in [0.05, 0.1) is 6.10 Å². The van der Waals surface area contributed by atoms with E-state index < -0.39 is 11.9 Å². The molecule has 8 nitrogen and oxygen atoms in total. The molecule has 61 heavy (non-hydrogen) atoms. The van der Waals surface area contributed by atoms with E-state index in [2.05, 4.69) is 152 Å². The van der Waals surface area contributed by atoms with Crippen LogP contribution in [0.25, 0.3) is 0 Å². The Morgan fingerprint density at radius 2 is 1.00 bits per heavy atom. The van der Waals surface area contributed by atoms with Crippen molar-refractivity contribution >= 4 is 17.7 Å². The van der Waals surface area contributed by atoms with Crippen molar-refractivity contribution in [2.75, 3.05) is 11.9 Å². The highest BCUT2D eigenvalue weighted by Gasteiger charge is 2.28. The van der Waals surface area contributed by atoms with Crippen LogP contribution in [-0.2, 0) is 19.1 Å². The summed E-state index contributed by atoms with van der Waals surface area (Å²) < 4.78 is 12.9. The number of hydrogen-bond donors (Lipinski definition) is 1. The molecule has 1 aromatic rings. The Hall–Kier alpha value is -5.34. The fourth-order valence-corrected chi connectivity index (χ4v) is 5.87. The van der Waals surface area contributed by atoms with Crippen LogP contribution < -0.4 is 11.0 Å². The normalized spacial score (nSPS) is 16.7. The first kappa shape index (κ1) is 51.8. The number of esters is 1. The largest absolute Gasteiger partial charge is 0.463 e. The lowest BCUT2D eigenvalue weighted by molar-refractivity contribution is -0.148. The van der Waals surface area contributed by atoms with E-state index in [1.54, 1.807) is 12.3 Å². The molecular weight excluding hydrogens is 759 g/mol. The number of nitrogens with zero attached hydrogens (tertiary/aromatic N) is 2. The first-order chi connectivity index (χ1) is 30.0. The van der Waals surface area contributed by atoms with Gasteiger partial charge >= 0.3 is 11.7 Å². The molecule has 1 N–H and O–H groups in total. The lowest BCUT2D eigenvalue weighted by Crippen LogP contribution is -2.28. The van der Waals surface area contributed by atoms with Crippen LogP contribution in [0.15, 0.2) is 163 Å². The highest BCUT2D eigenvalue weighted by molar-refractivity contribution is 5.89. The molecule has 8 heteroatoms. The summed E-state index contributed by atoms with van der Waals surface area (Å²) in [5.74, 6) is -0.264. The molecule has 1 amide bonds. The Morgan fingerprint density at radius 3 is 1.41 bits per heavy atom. The number of aromatic nitrogens is 2. The number of rotatable bonds is 32. The van der Waals surface area contributed by atoms with E-state index >= 15 is 0 Å². The van der Waals surface area contributed by atoms with Crippen molar-refractivity contribution in [1.29, 1.82) is 0 Å². The number of allylic oxidation sites excluding steroid dienone is 24. The van der Waals surface area contributed by atoms with E-state index in [1.807, 2.05) is 18.2 Å². The Balaban J connectivity index is 1.52. The van der Waals surface area contributed by atoms with Gasteiger partial charge in [0.2, 0.25) is 5.91 Å². The van der Waals surface area contributed by atoms with Gasteiger partial charge in [-0.25, -0.2) is 4.79 Å². The second-order valence-corrected chi connectivity index (χ2v) is 14.4. The number of nitrogens with one attached hydrogen (secondary N) is 1. The lowest BCUT2D eigenvalue weighted by atomic mass is 10.2. The number of carbonyl (C=O) groups excluding carboxylic acids is 2. The van der Waals surface area contributed by atoms with Crippen molar-refractivity contribution in [3.8, 4) is 0 Å². The third kappa shape index (κ3) is 29.5. The van der Waals surface area contributed by atoms with Crippen molar-refractivity contribution in [1.82, 2.24) is 9.55 Å². The number of amides is 1. The van der Waals surface area contributed by atoms with E-state index in [0.29, 0.717) is 38.5 Å². The van der Waals surface area contributed by atoms with E-state index in [0.717, 1.165) is 77.0 Å². The van der Waals surface area contributed by atoms with Crippen molar-refractivity contribution in [2.45, 2.75) is 142 Å². The minimum Gasteiger partial charge on any atom is -0.463 e. The fraction of sp³-hybridized carbons (Fsp3) is 0.434. The Labute approximate surface area is 367 Å². The Bertz CT molecular complexity index is 1760. The van der Waals surface area contributed by atoms with E-state index in [-0.39, 0.29) is 30.4 Å². The summed E-state index contributed by atoms with van der Waals surface area (Å²) in [4.78, 5) is 41.5. The maximum absolute atomic E-state index is 12.8. The molecule has 0 aromatic carbocycles. The third-order valence-electron chi connectivity index (χ3n) is 9.17. The number of hydrogen-bond acceptors (Lipinski definition) is 6. The zero-order chi connectivity index (χ0) is 43.7. The van der Waals surface area contributed by atoms with E-state index in [9.17, 15) is 14.4 Å². The molecule has 0 spiro atoms. The van der Waals surface area contributed by atoms with Gasteiger partial charge in [0.15, 0.2) is 0 Å². The van der Waals surface area contributed by atoms with Gasteiger partial charge in [-0.3, -0.25) is 14.2 Å². The van der Waals surface area contributed by atoms with Crippen LogP contribution in [0.2, 0.25) is 0 Å². The quantitative estimate of drug-likeness (QED) is 0.0573. The highest BCUT2D eigenvalue weighted by Crippen LogP contribution is 2.27. The number of anilines is 1.